The molecule has 0 fully saturated rings. The van der Waals surface area contributed by atoms with E-state index in [0.29, 0.717) is 24.7 Å². The van der Waals surface area contributed by atoms with Crippen molar-refractivity contribution in [2.45, 2.75) is 32.1 Å². The Balaban J connectivity index is 2.17. The number of nitrogens with one attached hydrogen (secondary N) is 1. The van der Waals surface area contributed by atoms with Crippen molar-refractivity contribution < 1.29 is 9.47 Å². The van der Waals surface area contributed by atoms with Crippen LogP contribution in [0.2, 0.25) is 0 Å². The van der Waals surface area contributed by atoms with E-state index in [1.807, 2.05) is 6.07 Å². The van der Waals surface area contributed by atoms with Gasteiger partial charge in [0.05, 0.1) is 12.2 Å². The van der Waals surface area contributed by atoms with Gasteiger partial charge < -0.3 is 15.2 Å². The monoisotopic (exact) mass is 263 g/mol. The third kappa shape index (κ3) is 3.44. The fraction of sp³-hybridized carbons (Fsp3) is 0.571. The molecule has 1 aliphatic carbocycles. The highest BCUT2D eigenvalue weighted by atomic mass is 16.5. The zero-order chi connectivity index (χ0) is 13.7. The Morgan fingerprint density at radius 3 is 2.89 bits per heavy atom. The molecule has 2 rings (SSSR count). The summed E-state index contributed by atoms with van der Waals surface area (Å²) in [5.41, 5.74) is 8.53. The molecule has 0 unspecified atom stereocenters. The van der Waals surface area contributed by atoms with Crippen LogP contribution < -0.4 is 10.5 Å². The minimum absolute atomic E-state index is 0.0163. The zero-order valence-electron chi connectivity index (χ0n) is 11.4. The number of nitrogen functional groups attached to an aromatic ring is 1. The molecule has 0 aromatic carbocycles. The topological polar surface area (TPSA) is 81.2 Å². The molecular weight excluding hydrogens is 242 g/mol. The molecule has 0 amide bonds. The van der Waals surface area contributed by atoms with Crippen molar-refractivity contribution in [2.75, 3.05) is 20.3 Å². The standard InChI is InChI=1S/C14H21N3O2/c1-18-7-4-8-19-14-11(13(15)16)9-10-5-2-3-6-12(10)17-14/h9H,2-8H2,1H3,(H3,15,16). The largest absolute Gasteiger partial charge is 0.477 e. The lowest BCUT2D eigenvalue weighted by Gasteiger charge is -2.18. The number of hydrogen-bond donors (Lipinski definition) is 2. The summed E-state index contributed by atoms with van der Waals surface area (Å²) in [5.74, 6) is 0.506. The van der Waals surface area contributed by atoms with Gasteiger partial charge in [-0.2, -0.15) is 0 Å². The summed E-state index contributed by atoms with van der Waals surface area (Å²) in [5, 5.41) is 7.64. The van der Waals surface area contributed by atoms with E-state index in [4.69, 9.17) is 20.6 Å². The molecule has 1 aromatic rings. The number of aryl methyl sites for hydroxylation is 2. The highest BCUT2D eigenvalue weighted by Crippen LogP contribution is 2.25. The van der Waals surface area contributed by atoms with Gasteiger partial charge in [-0.1, -0.05) is 0 Å². The van der Waals surface area contributed by atoms with Crippen LogP contribution in [-0.2, 0) is 17.6 Å². The number of hydrogen-bond acceptors (Lipinski definition) is 4. The summed E-state index contributed by atoms with van der Waals surface area (Å²) in [6.45, 7) is 1.18. The van der Waals surface area contributed by atoms with E-state index in [2.05, 4.69) is 4.98 Å². The van der Waals surface area contributed by atoms with Crippen LogP contribution in [0.15, 0.2) is 6.07 Å². The summed E-state index contributed by atoms with van der Waals surface area (Å²) in [6.07, 6.45) is 5.16. The number of ether oxygens (including phenoxy) is 2. The van der Waals surface area contributed by atoms with Crippen molar-refractivity contribution in [3.8, 4) is 5.88 Å². The van der Waals surface area contributed by atoms with Crippen LogP contribution in [0.4, 0.5) is 0 Å². The number of fused-ring (bicyclic) bond motifs is 1. The van der Waals surface area contributed by atoms with Crippen LogP contribution in [0.25, 0.3) is 0 Å². The number of nitrogens with two attached hydrogens (primary N) is 1. The lowest BCUT2D eigenvalue weighted by Crippen LogP contribution is -2.18. The van der Waals surface area contributed by atoms with Crippen molar-refractivity contribution in [3.05, 3.63) is 22.9 Å². The molecule has 0 radical (unpaired) electrons. The molecule has 5 heteroatoms. The third-order valence-corrected chi connectivity index (χ3v) is 3.29. The molecule has 1 aromatic heterocycles. The van der Waals surface area contributed by atoms with Gasteiger partial charge in [0.1, 0.15) is 5.84 Å². The van der Waals surface area contributed by atoms with Crippen LogP contribution in [0.3, 0.4) is 0 Å². The molecule has 0 atom stereocenters. The van der Waals surface area contributed by atoms with Gasteiger partial charge >= 0.3 is 0 Å². The van der Waals surface area contributed by atoms with Crippen LogP contribution in [-0.4, -0.2) is 31.1 Å². The maximum absolute atomic E-state index is 7.64. The lowest BCUT2D eigenvalue weighted by molar-refractivity contribution is 0.170. The Morgan fingerprint density at radius 2 is 2.16 bits per heavy atom. The first-order valence-corrected chi connectivity index (χ1v) is 6.71. The third-order valence-electron chi connectivity index (χ3n) is 3.29. The molecule has 5 nitrogen and oxygen atoms in total. The second-order valence-corrected chi connectivity index (χ2v) is 4.76. The second-order valence-electron chi connectivity index (χ2n) is 4.76. The van der Waals surface area contributed by atoms with Crippen LogP contribution in [0, 0.1) is 5.41 Å². The van der Waals surface area contributed by atoms with Crippen LogP contribution >= 0.6 is 0 Å². The summed E-state index contributed by atoms with van der Waals surface area (Å²) in [7, 11) is 1.66. The average Bonchev–Trinajstić information content (AvgIpc) is 2.42. The highest BCUT2D eigenvalue weighted by Gasteiger charge is 2.17. The summed E-state index contributed by atoms with van der Waals surface area (Å²) < 4.78 is 10.6. The smallest absolute Gasteiger partial charge is 0.224 e. The summed E-state index contributed by atoms with van der Waals surface area (Å²) in [4.78, 5) is 4.55. The van der Waals surface area contributed by atoms with E-state index >= 15 is 0 Å². The Labute approximate surface area is 113 Å². The predicted octanol–water partition coefficient (Wildman–Crippen LogP) is 1.66. The first-order chi connectivity index (χ1) is 9.22. The SMILES string of the molecule is COCCCOc1nc2c(cc1C(=N)N)CCCC2. The minimum atomic E-state index is 0.0163. The van der Waals surface area contributed by atoms with E-state index in [1.54, 1.807) is 7.11 Å². The predicted molar refractivity (Wildman–Crippen MR) is 73.9 cm³/mol. The van der Waals surface area contributed by atoms with E-state index in [9.17, 15) is 0 Å². The zero-order valence-corrected chi connectivity index (χ0v) is 11.4. The molecule has 104 valence electrons. The second kappa shape index (κ2) is 6.52. The summed E-state index contributed by atoms with van der Waals surface area (Å²) >= 11 is 0. The van der Waals surface area contributed by atoms with Gasteiger partial charge in [-0.05, 0) is 37.3 Å². The number of amidine groups is 1. The number of nitrogens with zero attached hydrogens (tertiary/aromatic N) is 1. The molecule has 0 bridgehead atoms. The fourth-order valence-corrected chi connectivity index (χ4v) is 2.29. The van der Waals surface area contributed by atoms with Gasteiger partial charge in [0, 0.05) is 25.8 Å². The van der Waals surface area contributed by atoms with Crippen LogP contribution in [0.5, 0.6) is 5.88 Å². The first-order valence-electron chi connectivity index (χ1n) is 6.71. The minimum Gasteiger partial charge on any atom is -0.477 e. The molecule has 0 saturated carbocycles. The molecule has 1 heterocycles. The summed E-state index contributed by atoms with van der Waals surface area (Å²) in [6, 6.07) is 1.97. The van der Waals surface area contributed by atoms with Gasteiger partial charge in [0.25, 0.3) is 0 Å². The quantitative estimate of drug-likeness (QED) is 0.464. The maximum Gasteiger partial charge on any atom is 0.224 e. The van der Waals surface area contributed by atoms with Crippen molar-refractivity contribution in [1.29, 1.82) is 5.41 Å². The molecule has 0 spiro atoms. The van der Waals surface area contributed by atoms with Gasteiger partial charge in [0.15, 0.2) is 0 Å². The van der Waals surface area contributed by atoms with E-state index in [1.165, 1.54) is 18.4 Å². The van der Waals surface area contributed by atoms with E-state index in [0.717, 1.165) is 25.0 Å². The molecule has 3 N–H and O–H groups in total. The Kier molecular flexibility index (Phi) is 4.74. The normalized spacial score (nSPS) is 13.9. The average molecular weight is 263 g/mol. The van der Waals surface area contributed by atoms with Crippen molar-refractivity contribution in [3.63, 3.8) is 0 Å². The molecular formula is C14H21N3O2. The molecule has 19 heavy (non-hydrogen) atoms. The Morgan fingerprint density at radius 1 is 1.37 bits per heavy atom. The van der Waals surface area contributed by atoms with Gasteiger partial charge in [-0.15, -0.1) is 0 Å². The van der Waals surface area contributed by atoms with Crippen molar-refractivity contribution >= 4 is 5.84 Å². The molecule has 0 saturated heterocycles. The number of aromatic nitrogens is 1. The maximum atomic E-state index is 7.64. The fourth-order valence-electron chi connectivity index (χ4n) is 2.29. The van der Waals surface area contributed by atoms with Gasteiger partial charge in [0.2, 0.25) is 5.88 Å². The van der Waals surface area contributed by atoms with E-state index in [-0.39, 0.29) is 5.84 Å². The molecule has 1 aliphatic rings. The number of methoxy groups -OCH3 is 1. The van der Waals surface area contributed by atoms with Gasteiger partial charge in [-0.25, -0.2) is 4.98 Å². The Hall–Kier alpha value is -1.62. The number of pyridine rings is 1. The van der Waals surface area contributed by atoms with E-state index < -0.39 is 0 Å². The molecule has 0 aliphatic heterocycles. The van der Waals surface area contributed by atoms with Crippen LogP contribution in [0.1, 0.15) is 36.1 Å². The van der Waals surface area contributed by atoms with Crippen molar-refractivity contribution in [1.82, 2.24) is 4.98 Å². The first kappa shape index (κ1) is 13.8. The highest BCUT2D eigenvalue weighted by molar-refractivity contribution is 5.97. The Bertz CT molecular complexity index is 460. The lowest BCUT2D eigenvalue weighted by atomic mass is 9.95. The van der Waals surface area contributed by atoms with Gasteiger partial charge in [-0.3, -0.25) is 5.41 Å². The van der Waals surface area contributed by atoms with Crippen molar-refractivity contribution in [2.24, 2.45) is 5.73 Å². The number of rotatable bonds is 6.